The minimum absolute atomic E-state index is 0.0939. The molecule has 0 radical (unpaired) electrons. The first-order valence-corrected chi connectivity index (χ1v) is 6.90. The van der Waals surface area contributed by atoms with Crippen molar-refractivity contribution in [3.63, 3.8) is 0 Å². The third-order valence-electron chi connectivity index (χ3n) is 3.97. The maximum Gasteiger partial charge on any atom is 0.127 e. The van der Waals surface area contributed by atoms with E-state index in [2.05, 4.69) is 46.2 Å². The normalized spacial score (nSPS) is 18.7. The summed E-state index contributed by atoms with van der Waals surface area (Å²) >= 11 is 0. The Morgan fingerprint density at radius 1 is 1.47 bits per heavy atom. The van der Waals surface area contributed by atoms with Gasteiger partial charge in [-0.25, -0.2) is 10.4 Å². The minimum atomic E-state index is 0.0939. The molecule has 1 aromatic carbocycles. The van der Waals surface area contributed by atoms with Crippen LogP contribution < -0.4 is 11.3 Å². The second kappa shape index (κ2) is 5.15. The van der Waals surface area contributed by atoms with Gasteiger partial charge in [-0.3, -0.25) is 5.84 Å². The Bertz CT molecular complexity index is 561. The number of hydrazine groups is 1. The van der Waals surface area contributed by atoms with Crippen LogP contribution in [0.2, 0.25) is 0 Å². The van der Waals surface area contributed by atoms with Gasteiger partial charge in [-0.15, -0.1) is 0 Å². The number of fused-ring (bicyclic) bond motifs is 1. The van der Waals surface area contributed by atoms with Crippen LogP contribution in [0, 0.1) is 0 Å². The lowest BCUT2D eigenvalue weighted by molar-refractivity contribution is 0.387. The molecule has 4 heteroatoms. The zero-order chi connectivity index (χ0) is 13.2. The molecule has 1 aliphatic carbocycles. The van der Waals surface area contributed by atoms with E-state index in [4.69, 9.17) is 5.84 Å². The van der Waals surface area contributed by atoms with Gasteiger partial charge in [0.25, 0.3) is 0 Å². The number of rotatable bonds is 5. The molecule has 2 unspecified atom stereocenters. The van der Waals surface area contributed by atoms with E-state index in [1.165, 1.54) is 11.1 Å². The Labute approximate surface area is 113 Å². The van der Waals surface area contributed by atoms with Gasteiger partial charge in [0.1, 0.15) is 5.82 Å². The zero-order valence-electron chi connectivity index (χ0n) is 11.2. The predicted molar refractivity (Wildman–Crippen MR) is 75.5 cm³/mol. The van der Waals surface area contributed by atoms with Crippen molar-refractivity contribution in [2.45, 2.75) is 38.3 Å². The van der Waals surface area contributed by atoms with Crippen molar-refractivity contribution in [1.82, 2.24) is 15.0 Å². The van der Waals surface area contributed by atoms with Crippen molar-refractivity contribution in [1.29, 1.82) is 0 Å². The number of hydrogen-bond acceptors (Lipinski definition) is 3. The Hall–Kier alpha value is -1.65. The van der Waals surface area contributed by atoms with Crippen LogP contribution in [0.4, 0.5) is 0 Å². The number of imidazole rings is 1. The molecular weight excluding hydrogens is 236 g/mol. The second-order valence-corrected chi connectivity index (χ2v) is 5.13. The average molecular weight is 256 g/mol. The number of aryl methyl sites for hydroxylation is 1. The van der Waals surface area contributed by atoms with Gasteiger partial charge < -0.3 is 4.57 Å². The van der Waals surface area contributed by atoms with Crippen molar-refractivity contribution < 1.29 is 0 Å². The summed E-state index contributed by atoms with van der Waals surface area (Å²) in [4.78, 5) is 4.50. The first-order chi connectivity index (χ1) is 9.35. The number of nitrogens with one attached hydrogen (secondary N) is 1. The number of benzene rings is 1. The summed E-state index contributed by atoms with van der Waals surface area (Å²) in [5, 5.41) is 0. The molecule has 19 heavy (non-hydrogen) atoms. The number of aromatic nitrogens is 2. The van der Waals surface area contributed by atoms with Gasteiger partial charge in [0.05, 0.1) is 6.04 Å². The van der Waals surface area contributed by atoms with Crippen molar-refractivity contribution in [3.8, 4) is 0 Å². The molecule has 1 aliphatic rings. The van der Waals surface area contributed by atoms with E-state index in [0.717, 1.165) is 25.2 Å². The zero-order valence-corrected chi connectivity index (χ0v) is 11.2. The second-order valence-electron chi connectivity index (χ2n) is 5.13. The number of nitrogens with two attached hydrogens (primary N) is 1. The van der Waals surface area contributed by atoms with Crippen molar-refractivity contribution in [2.75, 3.05) is 0 Å². The van der Waals surface area contributed by atoms with Gasteiger partial charge in [-0.2, -0.15) is 0 Å². The Morgan fingerprint density at radius 3 is 3.05 bits per heavy atom. The van der Waals surface area contributed by atoms with Gasteiger partial charge in [-0.05, 0) is 24.0 Å². The molecule has 0 fully saturated rings. The van der Waals surface area contributed by atoms with Crippen LogP contribution in [0.1, 0.15) is 42.3 Å². The highest BCUT2D eigenvalue weighted by Crippen LogP contribution is 2.42. The summed E-state index contributed by atoms with van der Waals surface area (Å²) < 4.78 is 2.20. The third-order valence-corrected chi connectivity index (χ3v) is 3.97. The smallest absolute Gasteiger partial charge is 0.127 e. The van der Waals surface area contributed by atoms with E-state index < -0.39 is 0 Å². The van der Waals surface area contributed by atoms with Crippen LogP contribution in [-0.4, -0.2) is 9.55 Å². The van der Waals surface area contributed by atoms with E-state index in [0.29, 0.717) is 5.92 Å². The highest BCUT2D eigenvalue weighted by molar-refractivity contribution is 5.42. The lowest BCUT2D eigenvalue weighted by atomic mass is 9.73. The van der Waals surface area contributed by atoms with Crippen molar-refractivity contribution in [2.24, 2.45) is 5.84 Å². The van der Waals surface area contributed by atoms with Gasteiger partial charge >= 0.3 is 0 Å². The van der Waals surface area contributed by atoms with Crippen LogP contribution in [0.15, 0.2) is 36.7 Å². The molecule has 1 aromatic heterocycles. The fraction of sp³-hybridized carbons (Fsp3) is 0.400. The monoisotopic (exact) mass is 256 g/mol. The molecule has 2 aromatic rings. The van der Waals surface area contributed by atoms with Gasteiger partial charge in [-0.1, -0.05) is 31.2 Å². The number of hydrogen-bond donors (Lipinski definition) is 2. The molecule has 1 heterocycles. The Balaban J connectivity index is 1.88. The fourth-order valence-electron chi connectivity index (χ4n) is 3.00. The molecule has 0 spiro atoms. The molecule has 3 N–H and O–H groups in total. The first kappa shape index (κ1) is 12.4. The van der Waals surface area contributed by atoms with Crippen molar-refractivity contribution in [3.05, 3.63) is 53.6 Å². The van der Waals surface area contributed by atoms with Gasteiger partial charge in [0, 0.05) is 24.9 Å². The van der Waals surface area contributed by atoms with Crippen LogP contribution in [0.5, 0.6) is 0 Å². The summed E-state index contributed by atoms with van der Waals surface area (Å²) in [6.45, 7) is 3.16. The summed E-state index contributed by atoms with van der Waals surface area (Å²) in [6.07, 6.45) is 6.07. The van der Waals surface area contributed by atoms with Crippen LogP contribution in [0.3, 0.4) is 0 Å². The topological polar surface area (TPSA) is 55.9 Å². The first-order valence-electron chi connectivity index (χ1n) is 6.90. The highest BCUT2D eigenvalue weighted by Gasteiger charge is 2.35. The molecule has 0 bridgehead atoms. The molecule has 2 atom stereocenters. The van der Waals surface area contributed by atoms with Gasteiger partial charge in [0.15, 0.2) is 0 Å². The molecule has 0 saturated carbocycles. The molecule has 3 rings (SSSR count). The quantitative estimate of drug-likeness (QED) is 0.636. The standard InChI is InChI=1S/C15H20N4/c1-2-8-19-9-7-17-15(19)14(18-16)13-10-11-5-3-4-6-12(11)13/h3-7,9,13-14,18H,2,8,10,16H2,1H3. The molecule has 0 saturated heterocycles. The summed E-state index contributed by atoms with van der Waals surface area (Å²) in [7, 11) is 0. The van der Waals surface area contributed by atoms with E-state index in [1.54, 1.807) is 0 Å². The lowest BCUT2D eigenvalue weighted by Crippen LogP contribution is -2.38. The highest BCUT2D eigenvalue weighted by atomic mass is 15.3. The van der Waals surface area contributed by atoms with Crippen molar-refractivity contribution >= 4 is 0 Å². The number of nitrogens with zero attached hydrogens (tertiary/aromatic N) is 2. The molecule has 0 aliphatic heterocycles. The van der Waals surface area contributed by atoms with E-state index in [-0.39, 0.29) is 6.04 Å². The van der Waals surface area contributed by atoms with Crippen LogP contribution in [0.25, 0.3) is 0 Å². The Kier molecular flexibility index (Phi) is 3.36. The van der Waals surface area contributed by atoms with Crippen LogP contribution >= 0.6 is 0 Å². The van der Waals surface area contributed by atoms with E-state index in [1.807, 2.05) is 12.4 Å². The molecular formula is C15H20N4. The molecule has 100 valence electrons. The SMILES string of the molecule is CCCn1ccnc1C(NN)C1Cc2ccccc21. The third kappa shape index (κ3) is 2.07. The summed E-state index contributed by atoms with van der Waals surface area (Å²) in [6, 6.07) is 8.67. The van der Waals surface area contributed by atoms with E-state index in [9.17, 15) is 0 Å². The largest absolute Gasteiger partial charge is 0.334 e. The lowest BCUT2D eigenvalue weighted by Gasteiger charge is -2.36. The average Bonchev–Trinajstić information content (AvgIpc) is 2.85. The fourth-order valence-corrected chi connectivity index (χ4v) is 3.00. The van der Waals surface area contributed by atoms with E-state index >= 15 is 0 Å². The molecule has 0 amide bonds. The minimum Gasteiger partial charge on any atom is -0.334 e. The Morgan fingerprint density at radius 2 is 2.32 bits per heavy atom. The molecule has 4 nitrogen and oxygen atoms in total. The van der Waals surface area contributed by atoms with Gasteiger partial charge in [0.2, 0.25) is 0 Å². The maximum absolute atomic E-state index is 5.79. The summed E-state index contributed by atoms with van der Waals surface area (Å²) in [5.41, 5.74) is 5.79. The summed E-state index contributed by atoms with van der Waals surface area (Å²) in [5.74, 6) is 7.27. The van der Waals surface area contributed by atoms with Crippen LogP contribution in [-0.2, 0) is 13.0 Å². The maximum atomic E-state index is 5.79. The predicted octanol–water partition coefficient (Wildman–Crippen LogP) is 2.14.